The predicted octanol–water partition coefficient (Wildman–Crippen LogP) is 17.1. The van der Waals surface area contributed by atoms with Gasteiger partial charge in [-0.15, -0.1) is 0 Å². The van der Waals surface area contributed by atoms with Crippen LogP contribution in [0.1, 0.15) is 278 Å². The number of carbonyl (C=O) groups excluding carboxylic acids is 4. The Labute approximate surface area is 459 Å². The molecule has 0 radical (unpaired) electrons. The lowest BCUT2D eigenvalue weighted by molar-refractivity contribution is -0.870. The molecule has 0 heterocycles. The van der Waals surface area contributed by atoms with E-state index in [9.17, 15) is 23.7 Å². The molecule has 0 amide bonds. The lowest BCUT2D eigenvalue weighted by Crippen LogP contribution is -2.37. The first-order valence-electron chi connectivity index (χ1n) is 30.6. The molecule has 0 aromatic carbocycles. The number of phosphoric ester groups is 1. The van der Waals surface area contributed by atoms with E-state index in [4.69, 9.17) is 32.5 Å². The number of phosphoric acid groups is 1. The number of carbonyl (C=O) groups is 4. The molecule has 0 aromatic heterocycles. The number of ether oxygens (including phenoxy) is 4. The SMILES string of the molecule is CCCCCCCC/C=C\CCCCCCCC(=O)OC[C@H](COP(=O)(OCC[N+](C)(C)C)OCOC(=O)CCC(=O)OCCCCCCCCCCCC)OC(=O)CCCCCCC/C=C\CCCCCCCC. The van der Waals surface area contributed by atoms with Gasteiger partial charge in [-0.1, -0.05) is 206 Å². The zero-order chi connectivity index (χ0) is 55.2. The number of quaternary nitrogens is 1. The van der Waals surface area contributed by atoms with E-state index in [0.717, 1.165) is 96.3 Å². The molecular weight excluding hydrogens is 970 g/mol. The van der Waals surface area contributed by atoms with Crippen LogP contribution in [0.25, 0.3) is 0 Å². The predicted molar refractivity (Wildman–Crippen MR) is 306 cm³/mol. The van der Waals surface area contributed by atoms with Gasteiger partial charge in [0, 0.05) is 12.8 Å². The summed E-state index contributed by atoms with van der Waals surface area (Å²) in [6.07, 6.45) is 49.7. The Morgan fingerprint density at radius 3 is 1.20 bits per heavy atom. The zero-order valence-corrected chi connectivity index (χ0v) is 50.1. The number of allylic oxidation sites excluding steroid dienone is 4. The van der Waals surface area contributed by atoms with E-state index >= 15 is 0 Å². The van der Waals surface area contributed by atoms with Crippen molar-refractivity contribution in [1.29, 1.82) is 0 Å². The summed E-state index contributed by atoms with van der Waals surface area (Å²) in [5, 5.41) is 0. The van der Waals surface area contributed by atoms with Crippen molar-refractivity contribution in [3.8, 4) is 0 Å². The van der Waals surface area contributed by atoms with Gasteiger partial charge in [0.15, 0.2) is 6.10 Å². The van der Waals surface area contributed by atoms with Gasteiger partial charge >= 0.3 is 31.7 Å². The van der Waals surface area contributed by atoms with Crippen molar-refractivity contribution in [3.05, 3.63) is 24.3 Å². The molecule has 75 heavy (non-hydrogen) atoms. The fraction of sp³-hybridized carbons (Fsp3) is 0.869. The summed E-state index contributed by atoms with van der Waals surface area (Å²) < 4.78 is 53.0. The Morgan fingerprint density at radius 2 is 0.760 bits per heavy atom. The van der Waals surface area contributed by atoms with Gasteiger partial charge in [-0.2, -0.15) is 0 Å². The van der Waals surface area contributed by atoms with Crippen LogP contribution in [-0.4, -0.2) is 95.4 Å². The Hall–Kier alpha value is -2.57. The molecule has 0 aliphatic carbocycles. The molecule has 13 nitrogen and oxygen atoms in total. The maximum absolute atomic E-state index is 14.0. The van der Waals surface area contributed by atoms with Crippen LogP contribution in [0, 0.1) is 0 Å². The highest BCUT2D eigenvalue weighted by Gasteiger charge is 2.31. The van der Waals surface area contributed by atoms with Crippen molar-refractivity contribution >= 4 is 31.7 Å². The molecule has 0 aliphatic rings. The molecule has 1 unspecified atom stereocenters. The van der Waals surface area contributed by atoms with E-state index in [-0.39, 0.29) is 38.9 Å². The van der Waals surface area contributed by atoms with E-state index in [1.54, 1.807) is 0 Å². The average molecular weight is 1090 g/mol. The van der Waals surface area contributed by atoms with Gasteiger partial charge in [-0.3, -0.25) is 28.2 Å². The first-order chi connectivity index (χ1) is 36.3. The van der Waals surface area contributed by atoms with Gasteiger partial charge in [0.2, 0.25) is 6.79 Å². The van der Waals surface area contributed by atoms with Gasteiger partial charge in [-0.25, -0.2) is 9.09 Å². The van der Waals surface area contributed by atoms with E-state index in [1.165, 1.54) is 122 Å². The molecule has 0 rings (SSSR count). The van der Waals surface area contributed by atoms with Crippen molar-refractivity contribution in [3.63, 3.8) is 0 Å². The van der Waals surface area contributed by atoms with Crippen LogP contribution >= 0.6 is 7.82 Å². The minimum absolute atomic E-state index is 0.0233. The number of unbranched alkanes of at least 4 members (excludes halogenated alkanes) is 31. The minimum atomic E-state index is -4.40. The van der Waals surface area contributed by atoms with E-state index in [1.807, 2.05) is 21.1 Å². The topological polar surface area (TPSA) is 150 Å². The monoisotopic (exact) mass is 1080 g/mol. The molecule has 0 bridgehead atoms. The highest BCUT2D eigenvalue weighted by atomic mass is 31.2. The van der Waals surface area contributed by atoms with Crippen LogP contribution in [0.15, 0.2) is 24.3 Å². The highest BCUT2D eigenvalue weighted by Crippen LogP contribution is 2.49. The smallest absolute Gasteiger partial charge is 0.466 e. The van der Waals surface area contributed by atoms with Crippen LogP contribution in [0.5, 0.6) is 0 Å². The van der Waals surface area contributed by atoms with Crippen LogP contribution in [0.4, 0.5) is 0 Å². The largest absolute Gasteiger partial charge is 0.478 e. The number of likely N-dealkylation sites (N-methyl/N-ethyl adjacent to an activating group) is 1. The molecule has 0 fully saturated rings. The number of esters is 4. The third-order valence-electron chi connectivity index (χ3n) is 13.2. The van der Waals surface area contributed by atoms with E-state index in [0.29, 0.717) is 30.5 Å². The Bertz CT molecular complexity index is 1450. The van der Waals surface area contributed by atoms with Crippen LogP contribution in [-0.2, 0) is 56.3 Å². The van der Waals surface area contributed by atoms with E-state index < -0.39 is 51.2 Å². The minimum Gasteiger partial charge on any atom is -0.466 e. The Kier molecular flexibility index (Phi) is 51.6. The second-order valence-corrected chi connectivity index (χ2v) is 23.4. The third-order valence-corrected chi connectivity index (χ3v) is 14.6. The summed E-state index contributed by atoms with van der Waals surface area (Å²) in [7, 11) is 1.42. The summed E-state index contributed by atoms with van der Waals surface area (Å²) in [5.74, 6) is -2.14. The lowest BCUT2D eigenvalue weighted by atomic mass is 10.1. The molecule has 0 aliphatic heterocycles. The summed E-state index contributed by atoms with van der Waals surface area (Å²) in [6.45, 7) is 5.92. The van der Waals surface area contributed by atoms with Crippen LogP contribution in [0.3, 0.4) is 0 Å². The molecule has 2 atom stereocenters. The summed E-state index contributed by atoms with van der Waals surface area (Å²) >= 11 is 0. The summed E-state index contributed by atoms with van der Waals surface area (Å²) in [6, 6.07) is 0. The van der Waals surface area contributed by atoms with Crippen molar-refractivity contribution < 1.29 is 60.7 Å². The van der Waals surface area contributed by atoms with Gasteiger partial charge in [0.05, 0.1) is 47.2 Å². The lowest BCUT2D eigenvalue weighted by Gasteiger charge is -2.25. The number of nitrogens with zero attached hydrogens (tertiary/aromatic N) is 1. The molecule has 0 saturated heterocycles. The van der Waals surface area contributed by atoms with Crippen molar-refractivity contribution in [2.24, 2.45) is 0 Å². The third kappa shape index (κ3) is 54.6. The van der Waals surface area contributed by atoms with Gasteiger partial charge in [0.1, 0.15) is 19.8 Å². The molecule has 0 aromatic rings. The number of hydrogen-bond acceptors (Lipinski definition) is 12. The first-order valence-corrected chi connectivity index (χ1v) is 32.1. The van der Waals surface area contributed by atoms with Gasteiger partial charge < -0.3 is 23.4 Å². The van der Waals surface area contributed by atoms with Crippen molar-refractivity contribution in [2.75, 3.05) is 60.9 Å². The fourth-order valence-electron chi connectivity index (χ4n) is 8.29. The zero-order valence-electron chi connectivity index (χ0n) is 49.2. The van der Waals surface area contributed by atoms with Crippen molar-refractivity contribution in [2.45, 2.75) is 284 Å². The second kappa shape index (κ2) is 53.4. The van der Waals surface area contributed by atoms with Crippen LogP contribution < -0.4 is 0 Å². The molecule has 0 spiro atoms. The average Bonchev–Trinajstić information content (AvgIpc) is 3.37. The maximum atomic E-state index is 14.0. The molecule has 0 N–H and O–H groups in total. The summed E-state index contributed by atoms with van der Waals surface area (Å²) in [5.41, 5.74) is 0. The normalized spacial score (nSPS) is 13.1. The molecule has 0 saturated carbocycles. The summed E-state index contributed by atoms with van der Waals surface area (Å²) in [4.78, 5) is 50.8. The van der Waals surface area contributed by atoms with Crippen molar-refractivity contribution in [1.82, 2.24) is 0 Å². The molecule has 14 heteroatoms. The Morgan fingerprint density at radius 1 is 0.387 bits per heavy atom. The van der Waals surface area contributed by atoms with Gasteiger partial charge in [0.25, 0.3) is 0 Å². The highest BCUT2D eigenvalue weighted by molar-refractivity contribution is 7.48. The Balaban J connectivity index is 5.12. The quantitative estimate of drug-likeness (QED) is 0.0108. The number of hydrogen-bond donors (Lipinski definition) is 0. The standard InChI is InChI=1S/C61H115NO12P/c1-7-10-13-16-19-22-25-27-29-31-33-35-38-41-44-47-58(63)69-54-57(74-61(66)48-45-42-39-36-34-32-30-28-26-23-20-17-14-11-8-2)55-72-75(67,71-53-51-62(4,5)6)73-56-70-60(65)50-49-59(64)68-52-46-43-40-37-24-21-18-15-12-9-3/h27-30,57H,7-26,31-56H2,1-6H3/q+1/b29-27-,30-28-/t57-,75?/m1/s1. The number of rotatable bonds is 57. The van der Waals surface area contributed by atoms with Crippen LogP contribution in [0.2, 0.25) is 0 Å². The maximum Gasteiger partial charge on any atom is 0.478 e. The second-order valence-electron chi connectivity index (χ2n) is 21.7. The first kappa shape index (κ1) is 72.4. The van der Waals surface area contributed by atoms with Gasteiger partial charge in [-0.05, 0) is 70.6 Å². The van der Waals surface area contributed by atoms with E-state index in [2.05, 4.69) is 45.1 Å². The molecule has 440 valence electrons. The molecular formula is C61H115NO12P+. The fourth-order valence-corrected chi connectivity index (χ4v) is 9.35.